The molecule has 0 bridgehead atoms. The number of amides is 4. The summed E-state index contributed by atoms with van der Waals surface area (Å²) in [5, 5.41) is 27.7. The Bertz CT molecular complexity index is 2530. The van der Waals surface area contributed by atoms with Gasteiger partial charge in [-0.1, -0.05) is 61.3 Å². The third kappa shape index (κ3) is 13.6. The van der Waals surface area contributed by atoms with Gasteiger partial charge in [0, 0.05) is 45.6 Å². The molecule has 2 unspecified atom stereocenters. The molecule has 0 fully saturated rings. The summed E-state index contributed by atoms with van der Waals surface area (Å²) >= 11 is 24.5. The summed E-state index contributed by atoms with van der Waals surface area (Å²) in [7, 11) is 0. The summed E-state index contributed by atoms with van der Waals surface area (Å²) in [5.74, 6) is -2.81. The molecule has 0 aromatic heterocycles. The van der Waals surface area contributed by atoms with Crippen LogP contribution in [0, 0.1) is 0 Å². The van der Waals surface area contributed by atoms with Gasteiger partial charge in [0.25, 0.3) is 23.6 Å². The van der Waals surface area contributed by atoms with Gasteiger partial charge in [0.1, 0.15) is 11.4 Å². The first-order chi connectivity index (χ1) is 31.6. The Labute approximate surface area is 402 Å². The number of carbonyl (C=O) groups is 6. The largest absolute Gasteiger partial charge is 0.323 e. The van der Waals surface area contributed by atoms with Gasteiger partial charge in [-0.15, -0.1) is 23.2 Å². The van der Waals surface area contributed by atoms with Crippen LogP contribution in [0.15, 0.2) is 118 Å². The summed E-state index contributed by atoms with van der Waals surface area (Å²) in [6.45, 7) is 6.09. The van der Waals surface area contributed by atoms with E-state index in [1.165, 1.54) is 50.2 Å². The molecule has 66 heavy (non-hydrogen) atoms. The number of Topliss-reactive ketones (excluding diaryl/α,β-unsaturated/α-hetero) is 2. The molecule has 5 aromatic carbocycles. The number of alkyl halides is 2. The maximum absolute atomic E-state index is 13.6. The lowest BCUT2D eigenvalue weighted by molar-refractivity contribution is -0.127. The van der Waals surface area contributed by atoms with E-state index in [4.69, 9.17) is 46.4 Å². The molecule has 0 spiro atoms. The van der Waals surface area contributed by atoms with Gasteiger partial charge >= 0.3 is 0 Å². The van der Waals surface area contributed by atoms with Crippen LogP contribution in [0.3, 0.4) is 0 Å². The summed E-state index contributed by atoms with van der Waals surface area (Å²) in [5.41, 5.74) is 5.59. The smallest absolute Gasteiger partial charge is 0.258 e. The number of azo groups is 2. The zero-order valence-corrected chi connectivity index (χ0v) is 39.4. The Morgan fingerprint density at radius 2 is 0.924 bits per heavy atom. The molecular formula is C48H46Cl4N8O6. The van der Waals surface area contributed by atoms with Crippen molar-refractivity contribution < 1.29 is 28.8 Å². The van der Waals surface area contributed by atoms with Gasteiger partial charge < -0.3 is 21.3 Å². The molecule has 0 radical (unpaired) electrons. The number of rotatable bonds is 20. The maximum atomic E-state index is 13.6. The topological polar surface area (TPSA) is 200 Å². The molecule has 4 N–H and O–H groups in total. The maximum Gasteiger partial charge on any atom is 0.258 e. The third-order valence-electron chi connectivity index (χ3n) is 10.0. The molecule has 342 valence electrons. The molecule has 0 aliphatic heterocycles. The van der Waals surface area contributed by atoms with Crippen molar-refractivity contribution in [3.63, 3.8) is 0 Å². The number of anilines is 4. The van der Waals surface area contributed by atoms with Crippen LogP contribution in [0.5, 0.6) is 0 Å². The first-order valence-electron chi connectivity index (χ1n) is 20.8. The quantitative estimate of drug-likeness (QED) is 0.0340. The number of nitrogens with one attached hydrogen (secondary N) is 4. The monoisotopic (exact) mass is 970 g/mol. The number of ketones is 2. The highest BCUT2D eigenvalue weighted by Gasteiger charge is 2.27. The fourth-order valence-corrected chi connectivity index (χ4v) is 7.46. The molecule has 0 saturated heterocycles. The van der Waals surface area contributed by atoms with E-state index in [1.807, 2.05) is 50.2 Å². The highest BCUT2D eigenvalue weighted by atomic mass is 35.5. The van der Waals surface area contributed by atoms with E-state index >= 15 is 0 Å². The fourth-order valence-electron chi connectivity index (χ4n) is 6.71. The van der Waals surface area contributed by atoms with Crippen molar-refractivity contribution in [2.75, 3.05) is 33.0 Å². The average Bonchev–Trinajstić information content (AvgIpc) is 3.28. The van der Waals surface area contributed by atoms with Crippen molar-refractivity contribution >= 4 is 116 Å². The van der Waals surface area contributed by atoms with Gasteiger partial charge in [-0.25, -0.2) is 0 Å². The van der Waals surface area contributed by atoms with E-state index < -0.39 is 47.3 Å². The fraction of sp³-hybridized carbons (Fsp3) is 0.250. The van der Waals surface area contributed by atoms with Gasteiger partial charge in [0.15, 0.2) is 11.6 Å². The van der Waals surface area contributed by atoms with Crippen LogP contribution in [-0.2, 0) is 44.9 Å². The predicted octanol–water partition coefficient (Wildman–Crippen LogP) is 11.5. The van der Waals surface area contributed by atoms with Gasteiger partial charge in [0.2, 0.25) is 12.1 Å². The minimum atomic E-state index is -1.58. The van der Waals surface area contributed by atoms with Crippen LogP contribution >= 0.6 is 46.4 Å². The number of benzene rings is 5. The minimum absolute atomic E-state index is 0.0606. The van der Waals surface area contributed by atoms with Crippen LogP contribution in [0.1, 0.15) is 70.7 Å². The molecule has 18 heteroatoms. The first-order valence-corrected chi connectivity index (χ1v) is 22.6. The van der Waals surface area contributed by atoms with E-state index in [2.05, 4.69) is 41.7 Å². The summed E-state index contributed by atoms with van der Waals surface area (Å²) < 4.78 is 0. The van der Waals surface area contributed by atoms with Crippen LogP contribution in [0.25, 0.3) is 0 Å². The lowest BCUT2D eigenvalue weighted by atomic mass is 9.98. The average molecular weight is 973 g/mol. The second-order valence-electron chi connectivity index (χ2n) is 14.8. The van der Waals surface area contributed by atoms with Gasteiger partial charge in [-0.3, -0.25) is 28.8 Å². The lowest BCUT2D eigenvalue weighted by Crippen LogP contribution is -2.33. The molecule has 0 heterocycles. The number of carbonyl (C=O) groups excluding carboxylic acids is 6. The van der Waals surface area contributed by atoms with Crippen molar-refractivity contribution in [2.45, 2.75) is 65.5 Å². The van der Waals surface area contributed by atoms with Crippen molar-refractivity contribution in [1.29, 1.82) is 0 Å². The van der Waals surface area contributed by atoms with E-state index in [9.17, 15) is 28.8 Å². The summed E-state index contributed by atoms with van der Waals surface area (Å²) in [6, 6.07) is 23.2. The Morgan fingerprint density at radius 3 is 1.27 bits per heavy atom. The number of halogens is 4. The third-order valence-corrected chi connectivity index (χ3v) is 11.1. The van der Waals surface area contributed by atoms with E-state index in [0.29, 0.717) is 71.3 Å². The molecule has 14 nitrogen and oxygen atoms in total. The number of hydrogen-bond donors (Lipinski definition) is 4. The Hall–Kier alpha value is -6.32. The molecule has 4 amide bonds. The SMILES string of the molecule is CCc1c(NC(=O)C(N=Nc2cc(C(=O)Nc3cccc(CCCl)c3)ccc2Cl)C(C)=O)ccc(NC(=O)C(N=Nc2cc(C(=O)Nc3cccc(CCCl)c3)ccc2Cl)C(C)=O)c1CC. The van der Waals surface area contributed by atoms with Crippen LogP contribution in [-0.4, -0.2) is 59.0 Å². The minimum Gasteiger partial charge on any atom is -0.323 e. The van der Waals surface area contributed by atoms with E-state index in [1.54, 1.807) is 24.3 Å². The zero-order chi connectivity index (χ0) is 47.9. The van der Waals surface area contributed by atoms with E-state index in [0.717, 1.165) is 11.1 Å². The van der Waals surface area contributed by atoms with Gasteiger partial charge in [-0.2, -0.15) is 20.5 Å². The summed E-state index contributed by atoms with van der Waals surface area (Å²) in [6.07, 6.45) is 2.06. The molecular weight excluding hydrogens is 926 g/mol. The predicted molar refractivity (Wildman–Crippen MR) is 261 cm³/mol. The number of hydrogen-bond acceptors (Lipinski definition) is 10. The Kier molecular flexibility index (Phi) is 18.6. The van der Waals surface area contributed by atoms with Gasteiger partial charge in [-0.05, 0) is 135 Å². The van der Waals surface area contributed by atoms with Crippen LogP contribution in [0.2, 0.25) is 10.0 Å². The van der Waals surface area contributed by atoms with Crippen LogP contribution < -0.4 is 21.3 Å². The van der Waals surface area contributed by atoms with Crippen molar-refractivity contribution in [3.8, 4) is 0 Å². The molecule has 5 aromatic rings. The van der Waals surface area contributed by atoms with Crippen molar-refractivity contribution in [2.24, 2.45) is 20.5 Å². The highest BCUT2D eigenvalue weighted by Crippen LogP contribution is 2.32. The normalized spacial score (nSPS) is 12.1. The second-order valence-corrected chi connectivity index (χ2v) is 16.4. The zero-order valence-electron chi connectivity index (χ0n) is 36.4. The Morgan fingerprint density at radius 1 is 0.530 bits per heavy atom. The lowest BCUT2D eigenvalue weighted by Gasteiger charge is -2.20. The molecule has 0 aliphatic carbocycles. The van der Waals surface area contributed by atoms with Gasteiger partial charge in [0.05, 0.1) is 10.0 Å². The van der Waals surface area contributed by atoms with E-state index in [-0.39, 0.29) is 32.5 Å². The van der Waals surface area contributed by atoms with Crippen molar-refractivity contribution in [1.82, 2.24) is 0 Å². The Balaban J connectivity index is 1.30. The van der Waals surface area contributed by atoms with Crippen molar-refractivity contribution in [3.05, 3.63) is 140 Å². The van der Waals surface area contributed by atoms with Crippen LogP contribution in [0.4, 0.5) is 34.1 Å². The molecule has 5 rings (SSSR count). The summed E-state index contributed by atoms with van der Waals surface area (Å²) in [4.78, 5) is 79.0. The molecule has 0 aliphatic rings. The number of nitrogens with zero attached hydrogens (tertiary/aromatic N) is 4. The first kappa shape index (κ1) is 50.7. The molecule has 2 atom stereocenters. The highest BCUT2D eigenvalue weighted by molar-refractivity contribution is 6.33. The standard InChI is InChI=1S/C48H46Cl4N8O6/c1-5-35-36(6-2)40(56-48(66)44(28(4)62)60-58-42-26-32(14-16-38(42)52)46(64)54-34-12-8-10-30(24-34)20-22-50)18-17-39(35)55-47(65)43(27(3)61)59-57-41-25-31(13-15-37(41)51)45(63)53-33-11-7-9-29(23-33)19-21-49/h7-18,23-26,43-44H,5-6,19-22H2,1-4H3,(H,53,63)(H,54,64)(H,55,65)(H,56,66). The molecule has 0 saturated carbocycles. The number of aryl methyl sites for hydroxylation is 2. The second kappa shape index (κ2) is 24.3.